The summed E-state index contributed by atoms with van der Waals surface area (Å²) in [6.45, 7) is 2.58. The molecule has 3 N–H and O–H groups in total. The second kappa shape index (κ2) is 6.46. The molecule has 0 aromatic carbocycles. The smallest absolute Gasteiger partial charge is 0.329 e. The molecule has 0 saturated heterocycles. The Balaban J connectivity index is 1.90. The van der Waals surface area contributed by atoms with E-state index < -0.39 is 11.5 Å². The monoisotopic (exact) mass is 282 g/mol. The lowest BCUT2D eigenvalue weighted by atomic mass is 9.73. The fourth-order valence-corrected chi connectivity index (χ4v) is 3.60. The summed E-state index contributed by atoms with van der Waals surface area (Å²) in [5, 5.41) is 15.2. The van der Waals surface area contributed by atoms with Crippen molar-refractivity contribution in [2.45, 2.75) is 63.8 Å². The fraction of sp³-hybridized carbons (Fsp3) is 0.867. The minimum atomic E-state index is -1.09. The van der Waals surface area contributed by atoms with Gasteiger partial charge in [-0.2, -0.15) is 0 Å². The maximum absolute atomic E-state index is 12.0. The van der Waals surface area contributed by atoms with E-state index in [0.717, 1.165) is 19.3 Å². The van der Waals surface area contributed by atoms with Crippen LogP contribution in [0.25, 0.3) is 0 Å². The molecule has 2 aliphatic rings. The first-order chi connectivity index (χ1) is 9.54. The molecular weight excluding hydrogens is 256 g/mol. The van der Waals surface area contributed by atoms with Crippen LogP contribution < -0.4 is 10.6 Å². The predicted octanol–water partition coefficient (Wildman–Crippen LogP) is 2.51. The third-order valence-corrected chi connectivity index (χ3v) is 5.04. The predicted molar refractivity (Wildman–Crippen MR) is 76.5 cm³/mol. The van der Waals surface area contributed by atoms with E-state index in [1.807, 2.05) is 6.92 Å². The normalized spacial score (nSPS) is 30.9. The van der Waals surface area contributed by atoms with E-state index in [1.54, 1.807) is 0 Å². The van der Waals surface area contributed by atoms with Crippen molar-refractivity contribution in [3.8, 4) is 0 Å². The number of rotatable bonds is 4. The van der Waals surface area contributed by atoms with Crippen LogP contribution in [0, 0.1) is 11.8 Å². The molecule has 0 aromatic heterocycles. The first-order valence-electron chi connectivity index (χ1n) is 7.84. The van der Waals surface area contributed by atoms with Crippen LogP contribution in [0.1, 0.15) is 58.3 Å². The molecule has 0 bridgehead atoms. The van der Waals surface area contributed by atoms with Crippen LogP contribution in [-0.2, 0) is 4.79 Å². The molecular formula is C15H26N2O3. The van der Waals surface area contributed by atoms with Gasteiger partial charge in [0.1, 0.15) is 5.54 Å². The first-order valence-corrected chi connectivity index (χ1v) is 7.84. The summed E-state index contributed by atoms with van der Waals surface area (Å²) < 4.78 is 0. The lowest BCUT2D eigenvalue weighted by Gasteiger charge is -2.39. The van der Waals surface area contributed by atoms with Gasteiger partial charge in [0.25, 0.3) is 0 Å². The quantitative estimate of drug-likeness (QED) is 0.741. The highest BCUT2D eigenvalue weighted by Crippen LogP contribution is 2.34. The van der Waals surface area contributed by atoms with Crippen LogP contribution in [0.2, 0.25) is 0 Å². The Bertz CT molecular complexity index is 366. The van der Waals surface area contributed by atoms with Crippen molar-refractivity contribution < 1.29 is 14.7 Å². The number of nitrogens with one attached hydrogen (secondary N) is 2. The first kappa shape index (κ1) is 15.1. The van der Waals surface area contributed by atoms with Crippen LogP contribution >= 0.6 is 0 Å². The Morgan fingerprint density at radius 3 is 2.40 bits per heavy atom. The van der Waals surface area contributed by atoms with Crippen molar-refractivity contribution in [2.75, 3.05) is 6.54 Å². The molecule has 5 nitrogen and oxygen atoms in total. The van der Waals surface area contributed by atoms with Crippen molar-refractivity contribution in [3.05, 3.63) is 0 Å². The minimum absolute atomic E-state index is 0.0222. The van der Waals surface area contributed by atoms with Gasteiger partial charge < -0.3 is 15.7 Å². The lowest BCUT2D eigenvalue weighted by molar-refractivity contribution is -0.148. The molecule has 2 unspecified atom stereocenters. The van der Waals surface area contributed by atoms with Gasteiger partial charge >= 0.3 is 12.0 Å². The van der Waals surface area contributed by atoms with E-state index in [2.05, 4.69) is 10.6 Å². The molecule has 2 rings (SSSR count). The zero-order valence-electron chi connectivity index (χ0n) is 12.3. The van der Waals surface area contributed by atoms with Crippen molar-refractivity contribution in [1.82, 2.24) is 10.6 Å². The van der Waals surface area contributed by atoms with Crippen LogP contribution in [0.15, 0.2) is 0 Å². The van der Waals surface area contributed by atoms with Gasteiger partial charge in [0.2, 0.25) is 0 Å². The number of amides is 2. The van der Waals surface area contributed by atoms with E-state index in [9.17, 15) is 14.7 Å². The molecule has 114 valence electrons. The van der Waals surface area contributed by atoms with Crippen molar-refractivity contribution in [1.29, 1.82) is 0 Å². The second-order valence-corrected chi connectivity index (χ2v) is 6.41. The van der Waals surface area contributed by atoms with Gasteiger partial charge in [0.05, 0.1) is 0 Å². The van der Waals surface area contributed by atoms with Crippen LogP contribution in [-0.4, -0.2) is 29.2 Å². The van der Waals surface area contributed by atoms with Crippen LogP contribution in [0.3, 0.4) is 0 Å². The maximum Gasteiger partial charge on any atom is 0.329 e. The van der Waals surface area contributed by atoms with Gasteiger partial charge in [-0.1, -0.05) is 32.6 Å². The average molecular weight is 282 g/mol. The molecule has 2 saturated carbocycles. The molecule has 0 spiro atoms. The van der Waals surface area contributed by atoms with E-state index in [-0.39, 0.29) is 11.9 Å². The summed E-state index contributed by atoms with van der Waals surface area (Å²) >= 11 is 0. The average Bonchev–Trinajstić information content (AvgIpc) is 2.92. The zero-order valence-corrected chi connectivity index (χ0v) is 12.3. The molecule has 0 radical (unpaired) electrons. The fourth-order valence-electron chi connectivity index (χ4n) is 3.60. The molecule has 0 heterocycles. The highest BCUT2D eigenvalue weighted by atomic mass is 16.4. The number of hydrogen-bond donors (Lipinski definition) is 3. The summed E-state index contributed by atoms with van der Waals surface area (Å²) in [6, 6.07) is -0.326. The number of carboxylic acid groups (broad SMARTS) is 1. The molecule has 2 aliphatic carbocycles. The van der Waals surface area contributed by atoms with E-state index in [4.69, 9.17) is 0 Å². The molecule has 2 atom stereocenters. The topological polar surface area (TPSA) is 78.4 Å². The lowest BCUT2D eigenvalue weighted by Crippen LogP contribution is -2.62. The Labute approximate surface area is 120 Å². The number of aliphatic carboxylic acids is 1. The highest BCUT2D eigenvalue weighted by Gasteiger charge is 2.46. The van der Waals surface area contributed by atoms with Crippen LogP contribution in [0.4, 0.5) is 4.79 Å². The number of carboxylic acids is 1. The second-order valence-electron chi connectivity index (χ2n) is 6.41. The van der Waals surface area contributed by atoms with E-state index >= 15 is 0 Å². The number of carbonyl (C=O) groups is 2. The Kier molecular flexibility index (Phi) is 4.89. The Morgan fingerprint density at radius 1 is 1.15 bits per heavy atom. The van der Waals surface area contributed by atoms with Gasteiger partial charge in [-0.3, -0.25) is 0 Å². The molecule has 2 fully saturated rings. The summed E-state index contributed by atoms with van der Waals surface area (Å²) in [5.41, 5.74) is -1.09. The summed E-state index contributed by atoms with van der Waals surface area (Å²) in [7, 11) is 0. The largest absolute Gasteiger partial charge is 0.479 e. The van der Waals surface area contributed by atoms with Gasteiger partial charge in [-0.05, 0) is 37.5 Å². The highest BCUT2D eigenvalue weighted by molar-refractivity contribution is 5.86. The number of carbonyl (C=O) groups excluding carboxylic acids is 1. The SMILES string of the molecule is CC1CCCCC1(NC(=O)NCC1CCCC1)C(=O)O. The van der Waals surface area contributed by atoms with Gasteiger partial charge in [0.15, 0.2) is 0 Å². The summed E-state index contributed by atoms with van der Waals surface area (Å²) in [6.07, 6.45) is 8.10. The molecule has 5 heteroatoms. The molecule has 0 aliphatic heterocycles. The molecule has 20 heavy (non-hydrogen) atoms. The van der Waals surface area contributed by atoms with Crippen molar-refractivity contribution in [3.63, 3.8) is 0 Å². The molecule has 2 amide bonds. The zero-order chi connectivity index (χ0) is 14.6. The standard InChI is InChI=1S/C15H26N2O3/c1-11-6-4-5-9-15(11,13(18)19)17-14(20)16-10-12-7-2-3-8-12/h11-12H,2-10H2,1H3,(H,18,19)(H2,16,17,20). The van der Waals surface area contributed by atoms with Crippen molar-refractivity contribution in [2.24, 2.45) is 11.8 Å². The summed E-state index contributed by atoms with van der Waals surface area (Å²) in [5.74, 6) is -0.364. The van der Waals surface area contributed by atoms with Crippen molar-refractivity contribution >= 4 is 12.0 Å². The minimum Gasteiger partial charge on any atom is -0.479 e. The molecule has 0 aromatic rings. The third kappa shape index (κ3) is 3.25. The number of urea groups is 1. The summed E-state index contributed by atoms with van der Waals surface area (Å²) in [4.78, 5) is 23.7. The Morgan fingerprint density at radius 2 is 1.80 bits per heavy atom. The maximum atomic E-state index is 12.0. The van der Waals surface area contributed by atoms with Gasteiger partial charge in [0, 0.05) is 6.54 Å². The Hall–Kier alpha value is -1.26. The van der Waals surface area contributed by atoms with E-state index in [0.29, 0.717) is 18.9 Å². The third-order valence-electron chi connectivity index (χ3n) is 5.04. The van der Waals surface area contributed by atoms with Gasteiger partial charge in [-0.15, -0.1) is 0 Å². The van der Waals surface area contributed by atoms with Crippen LogP contribution in [0.5, 0.6) is 0 Å². The van der Waals surface area contributed by atoms with E-state index in [1.165, 1.54) is 25.7 Å². The number of hydrogen-bond acceptors (Lipinski definition) is 2. The van der Waals surface area contributed by atoms with Gasteiger partial charge in [-0.25, -0.2) is 9.59 Å².